The molecule has 0 saturated heterocycles. The van der Waals surface area contributed by atoms with Gasteiger partial charge in [-0.05, 0) is 49.4 Å². The Morgan fingerprint density at radius 2 is 1.83 bits per heavy atom. The minimum atomic E-state index is -0.888. The van der Waals surface area contributed by atoms with E-state index in [1.807, 2.05) is 12.1 Å². The van der Waals surface area contributed by atoms with E-state index in [0.717, 1.165) is 19.3 Å². The largest absolute Gasteiger partial charge is 0.454 e. The molecule has 4 rings (SSSR count). The maximum absolute atomic E-state index is 12.7. The number of hydrogen-bond donors (Lipinski definition) is 0. The number of carbonyl (C=O) groups is 2. The number of fused-ring (bicyclic) bond motifs is 2. The summed E-state index contributed by atoms with van der Waals surface area (Å²) in [5.74, 6) is -0.769. The number of esters is 1. The van der Waals surface area contributed by atoms with Crippen LogP contribution in [0.15, 0.2) is 47.3 Å². The molecule has 1 aromatic heterocycles. The number of aryl methyl sites for hydroxylation is 3. The van der Waals surface area contributed by atoms with Gasteiger partial charge in [0, 0.05) is 18.0 Å². The second kappa shape index (κ2) is 7.62. The number of nitrogens with zero attached hydrogens (tertiary/aromatic N) is 2. The lowest BCUT2D eigenvalue weighted by atomic mass is 10.0. The fourth-order valence-corrected chi connectivity index (χ4v) is 3.90. The molecule has 0 aliphatic heterocycles. The molecule has 1 aliphatic carbocycles. The first-order chi connectivity index (χ1) is 13.9. The van der Waals surface area contributed by atoms with Crippen LogP contribution < -0.4 is 5.56 Å². The summed E-state index contributed by atoms with van der Waals surface area (Å²) in [5.41, 5.74) is 3.29. The Kier molecular flexibility index (Phi) is 5.01. The average Bonchev–Trinajstić information content (AvgIpc) is 3.19. The summed E-state index contributed by atoms with van der Waals surface area (Å²) < 4.78 is 6.61. The third-order valence-electron chi connectivity index (χ3n) is 5.41. The molecule has 0 fully saturated rings. The smallest absolute Gasteiger partial charge is 0.312 e. The summed E-state index contributed by atoms with van der Waals surface area (Å²) in [4.78, 5) is 37.4. The molecule has 1 aliphatic rings. The number of carbonyl (C=O) groups excluding carboxylic acids is 2. The van der Waals surface area contributed by atoms with E-state index in [1.54, 1.807) is 44.3 Å². The van der Waals surface area contributed by atoms with Gasteiger partial charge < -0.3 is 4.74 Å². The Hall–Kier alpha value is -3.28. The Balaban J connectivity index is 1.50. The highest BCUT2D eigenvalue weighted by molar-refractivity contribution is 6.00. The highest BCUT2D eigenvalue weighted by Gasteiger charge is 2.22. The number of benzene rings is 2. The third-order valence-corrected chi connectivity index (χ3v) is 5.41. The lowest BCUT2D eigenvalue weighted by Gasteiger charge is -2.14. The first kappa shape index (κ1) is 19.1. The molecule has 6 heteroatoms. The van der Waals surface area contributed by atoms with Gasteiger partial charge in [0.25, 0.3) is 5.56 Å². The molecule has 0 amide bonds. The highest BCUT2D eigenvalue weighted by Crippen LogP contribution is 2.23. The van der Waals surface area contributed by atoms with E-state index in [1.165, 1.54) is 15.8 Å². The lowest BCUT2D eigenvalue weighted by molar-refractivity contribution is -0.145. The molecule has 2 aromatic carbocycles. The van der Waals surface area contributed by atoms with Crippen molar-refractivity contribution in [3.63, 3.8) is 0 Å². The van der Waals surface area contributed by atoms with Crippen molar-refractivity contribution < 1.29 is 14.3 Å². The lowest BCUT2D eigenvalue weighted by Crippen LogP contribution is -2.27. The number of aromatic nitrogens is 2. The van der Waals surface area contributed by atoms with E-state index in [9.17, 15) is 14.4 Å². The first-order valence-electron chi connectivity index (χ1n) is 9.74. The highest BCUT2D eigenvalue weighted by atomic mass is 16.5. The van der Waals surface area contributed by atoms with E-state index in [0.29, 0.717) is 22.0 Å². The summed E-state index contributed by atoms with van der Waals surface area (Å²) in [6.45, 7) is 1.58. The fourth-order valence-electron chi connectivity index (χ4n) is 3.90. The molecule has 0 bridgehead atoms. The molecule has 6 nitrogen and oxygen atoms in total. The molecule has 1 heterocycles. The van der Waals surface area contributed by atoms with E-state index < -0.39 is 12.1 Å². The molecule has 0 N–H and O–H groups in total. The van der Waals surface area contributed by atoms with Crippen molar-refractivity contribution in [3.8, 4) is 0 Å². The van der Waals surface area contributed by atoms with Crippen LogP contribution in [0.1, 0.15) is 40.5 Å². The topological polar surface area (TPSA) is 78.3 Å². The van der Waals surface area contributed by atoms with Gasteiger partial charge in [-0.2, -0.15) is 5.10 Å². The van der Waals surface area contributed by atoms with E-state index in [4.69, 9.17) is 4.74 Å². The fraction of sp³-hybridized carbons (Fsp3) is 0.304. The molecule has 1 atom stereocenters. The molecular formula is C23H22N2O4. The number of rotatable bonds is 5. The standard InChI is InChI=1S/C23H22N2O4/c1-14(22(27)17-11-10-15-6-5-7-16(15)12-17)29-21(26)13-20-18-8-3-4-9-19(18)23(28)25(2)24-20/h3-4,8-12,14H,5-7,13H2,1-2H3. The van der Waals surface area contributed by atoms with Gasteiger partial charge in [-0.15, -0.1) is 0 Å². The SMILES string of the molecule is CC(OC(=O)Cc1nn(C)c(=O)c2ccccc12)C(=O)c1ccc2c(c1)CCC2. The van der Waals surface area contributed by atoms with Crippen LogP contribution in [-0.4, -0.2) is 27.6 Å². The number of ether oxygens (including phenoxy) is 1. The van der Waals surface area contributed by atoms with Gasteiger partial charge in [0.1, 0.15) is 0 Å². The predicted octanol–water partition coefficient (Wildman–Crippen LogP) is 2.78. The number of Topliss-reactive ketones (excluding diaryl/α,β-unsaturated/α-hetero) is 1. The summed E-state index contributed by atoms with van der Waals surface area (Å²) in [6, 6.07) is 12.7. The van der Waals surface area contributed by atoms with Crippen molar-refractivity contribution in [2.75, 3.05) is 0 Å². The zero-order chi connectivity index (χ0) is 20.5. The van der Waals surface area contributed by atoms with Crippen LogP contribution in [0, 0.1) is 0 Å². The van der Waals surface area contributed by atoms with Gasteiger partial charge in [0.2, 0.25) is 5.78 Å². The minimum absolute atomic E-state index is 0.115. The zero-order valence-electron chi connectivity index (χ0n) is 16.5. The first-order valence-corrected chi connectivity index (χ1v) is 9.74. The van der Waals surface area contributed by atoms with E-state index >= 15 is 0 Å². The average molecular weight is 390 g/mol. The Bertz CT molecular complexity index is 1180. The summed E-state index contributed by atoms with van der Waals surface area (Å²) in [7, 11) is 1.55. The third kappa shape index (κ3) is 3.70. The maximum atomic E-state index is 12.7. The van der Waals surface area contributed by atoms with Crippen LogP contribution in [0.5, 0.6) is 0 Å². The van der Waals surface area contributed by atoms with Crippen LogP contribution in [0.4, 0.5) is 0 Å². The van der Waals surface area contributed by atoms with Gasteiger partial charge in [-0.3, -0.25) is 14.4 Å². The van der Waals surface area contributed by atoms with Gasteiger partial charge >= 0.3 is 5.97 Å². The number of ketones is 1. The second-order valence-electron chi connectivity index (χ2n) is 7.43. The summed E-state index contributed by atoms with van der Waals surface area (Å²) in [5, 5.41) is 5.32. The normalized spacial score (nSPS) is 13.9. The van der Waals surface area contributed by atoms with Gasteiger partial charge in [-0.1, -0.05) is 30.3 Å². The molecule has 0 spiro atoms. The molecule has 3 aromatic rings. The monoisotopic (exact) mass is 390 g/mol. The van der Waals surface area contributed by atoms with Crippen molar-refractivity contribution in [1.29, 1.82) is 0 Å². The van der Waals surface area contributed by atoms with Crippen molar-refractivity contribution in [2.24, 2.45) is 7.05 Å². The quantitative estimate of drug-likeness (QED) is 0.494. The van der Waals surface area contributed by atoms with Crippen molar-refractivity contribution in [2.45, 2.75) is 38.7 Å². The minimum Gasteiger partial charge on any atom is -0.454 e. The zero-order valence-corrected chi connectivity index (χ0v) is 16.5. The Morgan fingerprint density at radius 3 is 2.62 bits per heavy atom. The Morgan fingerprint density at radius 1 is 1.10 bits per heavy atom. The molecule has 0 saturated carbocycles. The summed E-state index contributed by atoms with van der Waals surface area (Å²) >= 11 is 0. The van der Waals surface area contributed by atoms with E-state index in [-0.39, 0.29) is 17.8 Å². The van der Waals surface area contributed by atoms with Crippen molar-refractivity contribution >= 4 is 22.5 Å². The second-order valence-corrected chi connectivity index (χ2v) is 7.43. The van der Waals surface area contributed by atoms with Crippen LogP contribution in [0.2, 0.25) is 0 Å². The van der Waals surface area contributed by atoms with Crippen LogP contribution in [0.3, 0.4) is 0 Å². The summed E-state index contributed by atoms with van der Waals surface area (Å²) in [6.07, 6.45) is 2.14. The van der Waals surface area contributed by atoms with Crippen LogP contribution in [-0.2, 0) is 35.8 Å². The Labute approximate surface area is 168 Å². The molecule has 1 unspecified atom stereocenters. The van der Waals surface area contributed by atoms with Gasteiger partial charge in [-0.25, -0.2) is 4.68 Å². The molecule has 148 valence electrons. The van der Waals surface area contributed by atoms with Crippen molar-refractivity contribution in [1.82, 2.24) is 9.78 Å². The van der Waals surface area contributed by atoms with E-state index in [2.05, 4.69) is 5.10 Å². The maximum Gasteiger partial charge on any atom is 0.312 e. The number of hydrogen-bond acceptors (Lipinski definition) is 5. The van der Waals surface area contributed by atoms with Gasteiger partial charge in [0.15, 0.2) is 6.10 Å². The van der Waals surface area contributed by atoms with Crippen LogP contribution >= 0.6 is 0 Å². The molecule has 29 heavy (non-hydrogen) atoms. The van der Waals surface area contributed by atoms with Crippen molar-refractivity contribution in [3.05, 3.63) is 75.2 Å². The van der Waals surface area contributed by atoms with Gasteiger partial charge in [0.05, 0.1) is 17.5 Å². The van der Waals surface area contributed by atoms with Crippen LogP contribution in [0.25, 0.3) is 10.8 Å². The predicted molar refractivity (Wildman–Crippen MR) is 109 cm³/mol. The molecule has 0 radical (unpaired) electrons. The molecular weight excluding hydrogens is 368 g/mol.